The van der Waals surface area contributed by atoms with Crippen LogP contribution in [0.5, 0.6) is 0 Å². The van der Waals surface area contributed by atoms with Gasteiger partial charge in [0, 0.05) is 23.9 Å². The van der Waals surface area contributed by atoms with Crippen molar-refractivity contribution in [3.8, 4) is 0 Å². The second-order valence-corrected chi connectivity index (χ2v) is 15.5. The minimum Gasteiger partial charge on any atom is -0.392 e. The minimum atomic E-state index is -0.561. The van der Waals surface area contributed by atoms with E-state index in [9.17, 15) is 13.2 Å². The third-order valence-electron chi connectivity index (χ3n) is 9.32. The van der Waals surface area contributed by atoms with Crippen molar-refractivity contribution < 1.29 is 22.8 Å². The number of aliphatic hydroxyl groups excluding tert-OH is 1. The van der Waals surface area contributed by atoms with E-state index in [0.717, 1.165) is 44.3 Å². The van der Waals surface area contributed by atoms with Gasteiger partial charge in [-0.3, -0.25) is 14.5 Å². The molecule has 0 aliphatic heterocycles. The summed E-state index contributed by atoms with van der Waals surface area (Å²) >= 11 is 3.23. The zero-order chi connectivity index (χ0) is 47.8. The van der Waals surface area contributed by atoms with Gasteiger partial charge in [-0.15, -0.1) is 0 Å². The molecule has 0 unspecified atom stereocenters. The first kappa shape index (κ1) is 50.1. The van der Waals surface area contributed by atoms with Crippen LogP contribution in [-0.2, 0) is 25.0 Å². The summed E-state index contributed by atoms with van der Waals surface area (Å²) in [7, 11) is 0. The molecule has 0 aliphatic carbocycles. The van der Waals surface area contributed by atoms with E-state index >= 15 is 0 Å². The van der Waals surface area contributed by atoms with E-state index in [0.29, 0.717) is 46.5 Å². The average Bonchev–Trinajstić information content (AvgIpc) is 4.08. The first-order valence-corrected chi connectivity index (χ1v) is 20.9. The summed E-state index contributed by atoms with van der Waals surface area (Å²) in [6, 6.07) is 13.3. The Hall–Kier alpha value is -7.52. The molecule has 65 heavy (non-hydrogen) atoms. The second kappa shape index (κ2) is 23.8. The minimum absolute atomic E-state index is 0.0344. The van der Waals surface area contributed by atoms with E-state index in [2.05, 4.69) is 62.1 Å². The molecule has 4 heterocycles. The maximum Gasteiger partial charge on any atom is 0.224 e. The first-order valence-electron chi connectivity index (χ1n) is 19.7. The van der Waals surface area contributed by atoms with Crippen LogP contribution in [0.2, 0.25) is 0 Å². The van der Waals surface area contributed by atoms with Gasteiger partial charge < -0.3 is 15.4 Å². The molecule has 17 heteroatoms. The van der Waals surface area contributed by atoms with E-state index in [4.69, 9.17) is 35.1 Å². The zero-order valence-electron chi connectivity index (χ0n) is 36.9. The maximum absolute atomic E-state index is 13.6. The number of halogens is 4. The molecule has 0 fully saturated rings. The lowest BCUT2D eigenvalue weighted by Gasteiger charge is -2.06. The molecule has 8 aromatic rings. The lowest BCUT2D eigenvalue weighted by Crippen LogP contribution is -2.00. The molecule has 0 saturated carbocycles. The number of nitrogens with two attached hydrogens (primary N) is 1. The molecular formula is C48H47BrF3N11O2. The Morgan fingerprint density at radius 2 is 1.09 bits per heavy atom. The Morgan fingerprint density at radius 3 is 1.48 bits per heavy atom. The molecule has 334 valence electrons. The zero-order valence-corrected chi connectivity index (χ0v) is 38.5. The van der Waals surface area contributed by atoms with Crippen LogP contribution in [0.1, 0.15) is 61.2 Å². The van der Waals surface area contributed by atoms with Crippen molar-refractivity contribution in [3.63, 3.8) is 0 Å². The van der Waals surface area contributed by atoms with E-state index in [1.807, 2.05) is 75.4 Å². The predicted molar refractivity (Wildman–Crippen MR) is 249 cm³/mol. The number of H-pyrrole nitrogens is 1. The molecule has 4 N–H and O–H groups in total. The van der Waals surface area contributed by atoms with Crippen molar-refractivity contribution in [1.82, 2.24) is 34.9 Å². The number of alkyl halides is 1. The fourth-order valence-electron chi connectivity index (χ4n) is 6.37. The number of aliphatic hydroxyl groups is 1. The molecule has 4 aromatic carbocycles. The van der Waals surface area contributed by atoms with Gasteiger partial charge in [-0.25, -0.2) is 27.7 Å². The molecule has 0 radical (unpaired) electrons. The van der Waals surface area contributed by atoms with Crippen LogP contribution in [0.4, 0.5) is 36.1 Å². The molecule has 8 rings (SSSR count). The lowest BCUT2D eigenvalue weighted by atomic mass is 10.1. The topological polar surface area (TPSA) is 150 Å². The number of aryl methyl sites for hydroxylation is 7. The lowest BCUT2D eigenvalue weighted by molar-refractivity contribution is 0.281. The van der Waals surface area contributed by atoms with Crippen LogP contribution in [0.3, 0.4) is 0 Å². The SMILES string of the molecule is Cc1cn[nH]c1.Cc1cnn(Cc2cc(C)c3c(N)noc3c2)c1.[C-]#[N+]c1c(C)cc(CBr)cc1F.[C-]#[N+]c1c(C)cc(CO)cc1F.[C-]#[N+]c1c(C)cc(Cn2cc(C)cn2)cc1F. The van der Waals surface area contributed by atoms with Crippen molar-refractivity contribution in [2.45, 2.75) is 73.5 Å². The molecule has 0 bridgehead atoms. The molecular weight excluding hydrogens is 900 g/mol. The number of nitrogens with one attached hydrogen (secondary N) is 1. The van der Waals surface area contributed by atoms with Gasteiger partial charge in [0.05, 0.1) is 63.4 Å². The number of fused-ring (bicyclic) bond motifs is 1. The number of aromatic nitrogens is 7. The Morgan fingerprint density at radius 1 is 0.646 bits per heavy atom. The standard InChI is InChI=1S/C13H12FN3.C13H14N4O.C9H7BrFN.C9H8FNO.C4H6N2/c1-9-6-16-17(7-9)8-11-4-10(2)13(15-3)12(14)5-11;1-8-5-15-17(6-8)7-10-3-9(2)12-11(4-10)18-16-13(12)14;1-6-3-7(5-10)4-8(11)9(6)12-2;1-6-3-7(5-12)4-8(10)9(6)11-2;1-4-2-5-6-3-4/h4-7H,8H2,1-2H3;3-6H,7H2,1-2H3,(H2,14,16);3-4H,5H2,1H3;3-4,12H,5H2,1H3;2-3H,1H3,(H,5,6). The average molecular weight is 947 g/mol. The molecule has 4 aromatic heterocycles. The molecule has 0 atom stereocenters. The number of hydrogen-bond acceptors (Lipinski definition) is 7. The number of aromatic amines is 1. The normalized spacial score (nSPS) is 10.1. The van der Waals surface area contributed by atoms with Crippen LogP contribution in [0.25, 0.3) is 25.5 Å². The van der Waals surface area contributed by atoms with Gasteiger partial charge in [0.15, 0.2) is 11.4 Å². The van der Waals surface area contributed by atoms with Crippen molar-refractivity contribution in [2.24, 2.45) is 0 Å². The Balaban J connectivity index is 0.000000184. The summed E-state index contributed by atoms with van der Waals surface area (Å²) in [5.74, 6) is -1.00. The Kier molecular flexibility index (Phi) is 18.3. The Labute approximate surface area is 383 Å². The third-order valence-corrected chi connectivity index (χ3v) is 9.97. The van der Waals surface area contributed by atoms with E-state index in [-0.39, 0.29) is 23.7 Å². The molecule has 0 amide bonds. The predicted octanol–water partition coefficient (Wildman–Crippen LogP) is 12.0. The fraction of sp³-hybridized carbons (Fsp3) is 0.229. The summed E-state index contributed by atoms with van der Waals surface area (Å²) in [5, 5.41) is 28.8. The van der Waals surface area contributed by atoms with Crippen molar-refractivity contribution in [3.05, 3.63) is 199 Å². The van der Waals surface area contributed by atoms with E-state index in [1.54, 1.807) is 43.9 Å². The number of hydrogen-bond donors (Lipinski definition) is 3. The van der Waals surface area contributed by atoms with Gasteiger partial charge >= 0.3 is 0 Å². The summed E-state index contributed by atoms with van der Waals surface area (Å²) in [6.45, 7) is 34.4. The smallest absolute Gasteiger partial charge is 0.224 e. The number of nitrogens with zero attached hydrogens (tertiary/aromatic N) is 9. The highest BCUT2D eigenvalue weighted by Gasteiger charge is 2.12. The van der Waals surface area contributed by atoms with Crippen LogP contribution in [0, 0.1) is 85.6 Å². The van der Waals surface area contributed by atoms with Crippen molar-refractivity contribution in [1.29, 1.82) is 0 Å². The van der Waals surface area contributed by atoms with Gasteiger partial charge in [0.25, 0.3) is 0 Å². The summed E-state index contributed by atoms with van der Waals surface area (Å²) in [6.07, 6.45) is 11.1. The monoisotopic (exact) mass is 945 g/mol. The van der Waals surface area contributed by atoms with Gasteiger partial charge in [-0.1, -0.05) is 45.4 Å². The van der Waals surface area contributed by atoms with E-state index < -0.39 is 17.5 Å². The Bertz CT molecular complexity index is 2850. The number of nitrogen functional groups attached to an aromatic ring is 1. The number of rotatable bonds is 6. The van der Waals surface area contributed by atoms with Crippen LogP contribution in [-0.4, -0.2) is 40.0 Å². The van der Waals surface area contributed by atoms with Crippen molar-refractivity contribution in [2.75, 3.05) is 5.73 Å². The van der Waals surface area contributed by atoms with E-state index in [1.165, 1.54) is 23.8 Å². The summed E-state index contributed by atoms with van der Waals surface area (Å²) in [5.41, 5.74) is 16.4. The van der Waals surface area contributed by atoms with Gasteiger partial charge in [0.1, 0.15) is 17.5 Å². The molecule has 0 saturated heterocycles. The van der Waals surface area contributed by atoms with Gasteiger partial charge in [-0.05, 0) is 134 Å². The third kappa shape index (κ3) is 14.2. The summed E-state index contributed by atoms with van der Waals surface area (Å²) < 4.78 is 48.5. The quantitative estimate of drug-likeness (QED) is 0.111. The highest BCUT2D eigenvalue weighted by atomic mass is 79.9. The first-order chi connectivity index (χ1) is 31.0. The molecule has 0 spiro atoms. The molecule has 0 aliphatic rings. The summed E-state index contributed by atoms with van der Waals surface area (Å²) in [4.78, 5) is 9.32. The van der Waals surface area contributed by atoms with Crippen LogP contribution >= 0.6 is 15.9 Å². The maximum atomic E-state index is 13.6. The van der Waals surface area contributed by atoms with Crippen molar-refractivity contribution >= 4 is 49.8 Å². The number of benzene rings is 4. The van der Waals surface area contributed by atoms with Gasteiger partial charge in [0.2, 0.25) is 17.1 Å². The second-order valence-electron chi connectivity index (χ2n) is 14.9. The number of anilines is 1. The van der Waals surface area contributed by atoms with Crippen LogP contribution < -0.4 is 5.73 Å². The highest BCUT2D eigenvalue weighted by Crippen LogP contribution is 2.28. The largest absolute Gasteiger partial charge is 0.392 e. The highest BCUT2D eigenvalue weighted by molar-refractivity contribution is 9.08. The van der Waals surface area contributed by atoms with Gasteiger partial charge in [-0.2, -0.15) is 15.3 Å². The molecule has 13 nitrogen and oxygen atoms in total. The van der Waals surface area contributed by atoms with Crippen LogP contribution in [0.15, 0.2) is 90.2 Å². The fourth-order valence-corrected chi connectivity index (χ4v) is 6.69.